The topological polar surface area (TPSA) is 76.9 Å². The van der Waals surface area contributed by atoms with E-state index in [9.17, 15) is 9.59 Å². The summed E-state index contributed by atoms with van der Waals surface area (Å²) >= 11 is 0. The van der Waals surface area contributed by atoms with E-state index in [0.717, 1.165) is 0 Å². The van der Waals surface area contributed by atoms with Gasteiger partial charge in [0.05, 0.1) is 11.9 Å². The van der Waals surface area contributed by atoms with Crippen LogP contribution in [0.1, 0.15) is 23.2 Å². The molecule has 6 nitrogen and oxygen atoms in total. The number of imidazole rings is 1. The lowest BCUT2D eigenvalue weighted by Gasteiger charge is -2.06. The van der Waals surface area contributed by atoms with Crippen molar-refractivity contribution in [1.82, 2.24) is 14.5 Å². The average molecular weight is 320 g/mol. The maximum atomic E-state index is 12.0. The molecule has 0 saturated heterocycles. The van der Waals surface area contributed by atoms with Gasteiger partial charge in [-0.3, -0.25) is 14.2 Å². The molecule has 0 saturated carbocycles. The van der Waals surface area contributed by atoms with Crippen molar-refractivity contribution >= 4 is 17.4 Å². The van der Waals surface area contributed by atoms with Gasteiger partial charge in [-0.1, -0.05) is 30.3 Å². The summed E-state index contributed by atoms with van der Waals surface area (Å²) in [5.74, 6) is 0.459. The Balaban J connectivity index is 1.52. The first-order valence-corrected chi connectivity index (χ1v) is 7.55. The number of anilines is 1. The fourth-order valence-corrected chi connectivity index (χ4v) is 2.23. The number of ketones is 1. The summed E-state index contributed by atoms with van der Waals surface area (Å²) < 4.78 is 1.77. The quantitative estimate of drug-likeness (QED) is 0.709. The maximum Gasteiger partial charge on any atom is 0.224 e. The summed E-state index contributed by atoms with van der Waals surface area (Å²) in [6.45, 7) is 0. The Morgan fingerprint density at radius 2 is 1.88 bits per heavy atom. The summed E-state index contributed by atoms with van der Waals surface area (Å²) in [6, 6.07) is 12.5. The number of rotatable bonds is 6. The second kappa shape index (κ2) is 7.32. The Morgan fingerprint density at radius 1 is 1.04 bits per heavy atom. The summed E-state index contributed by atoms with van der Waals surface area (Å²) in [5.41, 5.74) is 1.22. The van der Waals surface area contributed by atoms with Crippen LogP contribution in [0.5, 0.6) is 0 Å². The molecular weight excluding hydrogens is 304 g/mol. The summed E-state index contributed by atoms with van der Waals surface area (Å²) in [7, 11) is 0. The highest BCUT2D eigenvalue weighted by molar-refractivity contribution is 5.99. The van der Waals surface area contributed by atoms with Crippen LogP contribution in [0, 0.1) is 0 Å². The van der Waals surface area contributed by atoms with Gasteiger partial charge in [0, 0.05) is 30.8 Å². The standard InChI is InChI=1S/C18H16N4O2/c23-16(14-4-2-1-3-5-14)7-9-18(24)21-15-6-8-17(20-12-15)22-11-10-19-13-22/h1-6,8,10-13H,7,9H2,(H,21,24). The number of hydrogen-bond acceptors (Lipinski definition) is 4. The third-order valence-electron chi connectivity index (χ3n) is 3.48. The Hall–Kier alpha value is -3.28. The van der Waals surface area contributed by atoms with Gasteiger partial charge in [0.25, 0.3) is 0 Å². The molecule has 6 heteroatoms. The molecule has 1 amide bonds. The second-order valence-electron chi connectivity index (χ2n) is 5.21. The number of carbonyl (C=O) groups is 2. The Labute approximate surface area is 139 Å². The van der Waals surface area contributed by atoms with Crippen LogP contribution in [0.25, 0.3) is 5.82 Å². The van der Waals surface area contributed by atoms with Gasteiger partial charge in [-0.05, 0) is 12.1 Å². The Bertz CT molecular complexity index is 812. The van der Waals surface area contributed by atoms with Gasteiger partial charge in [0.1, 0.15) is 12.1 Å². The monoisotopic (exact) mass is 320 g/mol. The van der Waals surface area contributed by atoms with Gasteiger partial charge < -0.3 is 5.32 Å². The van der Waals surface area contributed by atoms with Crippen molar-refractivity contribution in [2.75, 3.05) is 5.32 Å². The van der Waals surface area contributed by atoms with E-state index in [1.807, 2.05) is 6.07 Å². The molecule has 3 aromatic rings. The number of Topliss-reactive ketones (excluding diaryl/α,β-unsaturated/α-hetero) is 1. The van der Waals surface area contributed by atoms with Crippen molar-refractivity contribution < 1.29 is 9.59 Å². The van der Waals surface area contributed by atoms with E-state index in [-0.39, 0.29) is 24.5 Å². The number of amides is 1. The first-order valence-electron chi connectivity index (χ1n) is 7.55. The van der Waals surface area contributed by atoms with Gasteiger partial charge >= 0.3 is 0 Å². The van der Waals surface area contributed by atoms with E-state index in [2.05, 4.69) is 15.3 Å². The van der Waals surface area contributed by atoms with E-state index in [0.29, 0.717) is 17.1 Å². The fraction of sp³-hybridized carbons (Fsp3) is 0.111. The van der Waals surface area contributed by atoms with Crippen LogP contribution in [-0.4, -0.2) is 26.2 Å². The molecule has 1 aromatic carbocycles. The van der Waals surface area contributed by atoms with E-state index in [4.69, 9.17) is 0 Å². The molecule has 0 aliphatic carbocycles. The van der Waals surface area contributed by atoms with Crippen molar-refractivity contribution in [3.8, 4) is 5.82 Å². The first kappa shape index (κ1) is 15.6. The summed E-state index contributed by atoms with van der Waals surface area (Å²) in [5, 5.41) is 2.74. The number of nitrogens with zero attached hydrogens (tertiary/aromatic N) is 3. The van der Waals surface area contributed by atoms with Crippen molar-refractivity contribution in [3.63, 3.8) is 0 Å². The number of hydrogen-bond donors (Lipinski definition) is 1. The molecule has 0 spiro atoms. The molecule has 0 aliphatic rings. The lowest BCUT2D eigenvalue weighted by Crippen LogP contribution is -2.13. The summed E-state index contributed by atoms with van der Waals surface area (Å²) in [4.78, 5) is 32.1. The van der Waals surface area contributed by atoms with Crippen LogP contribution >= 0.6 is 0 Å². The van der Waals surface area contributed by atoms with Gasteiger partial charge in [-0.15, -0.1) is 0 Å². The SMILES string of the molecule is O=C(CCC(=O)c1ccccc1)Nc1ccc(-n2ccnc2)nc1. The second-order valence-corrected chi connectivity index (χ2v) is 5.21. The van der Waals surface area contributed by atoms with E-state index in [1.165, 1.54) is 0 Å². The Morgan fingerprint density at radius 3 is 2.54 bits per heavy atom. The van der Waals surface area contributed by atoms with Crippen LogP contribution in [0.3, 0.4) is 0 Å². The number of carbonyl (C=O) groups excluding carboxylic acids is 2. The van der Waals surface area contributed by atoms with E-state index in [1.54, 1.807) is 65.9 Å². The molecule has 2 aromatic heterocycles. The molecule has 0 atom stereocenters. The van der Waals surface area contributed by atoms with Gasteiger partial charge in [0.15, 0.2) is 5.78 Å². The fourth-order valence-electron chi connectivity index (χ4n) is 2.23. The van der Waals surface area contributed by atoms with Crippen LogP contribution in [0.4, 0.5) is 5.69 Å². The zero-order valence-electron chi connectivity index (χ0n) is 12.9. The van der Waals surface area contributed by atoms with Crippen molar-refractivity contribution in [3.05, 3.63) is 72.9 Å². The highest BCUT2D eigenvalue weighted by atomic mass is 16.2. The molecule has 0 radical (unpaired) electrons. The molecule has 0 fully saturated rings. The van der Waals surface area contributed by atoms with Gasteiger partial charge in [-0.25, -0.2) is 9.97 Å². The van der Waals surface area contributed by atoms with Gasteiger partial charge in [-0.2, -0.15) is 0 Å². The predicted octanol–water partition coefficient (Wildman–Crippen LogP) is 2.87. The number of aromatic nitrogens is 3. The minimum Gasteiger partial charge on any atom is -0.325 e. The summed E-state index contributed by atoms with van der Waals surface area (Å²) in [6.07, 6.45) is 6.99. The minimum absolute atomic E-state index is 0.0423. The zero-order chi connectivity index (χ0) is 16.8. The molecule has 120 valence electrons. The lowest BCUT2D eigenvalue weighted by atomic mass is 10.1. The molecular formula is C18H16N4O2. The van der Waals surface area contributed by atoms with Crippen LogP contribution in [0.2, 0.25) is 0 Å². The van der Waals surface area contributed by atoms with Crippen molar-refractivity contribution in [2.24, 2.45) is 0 Å². The molecule has 0 bridgehead atoms. The number of pyridine rings is 1. The lowest BCUT2D eigenvalue weighted by molar-refractivity contribution is -0.116. The highest BCUT2D eigenvalue weighted by Gasteiger charge is 2.09. The predicted molar refractivity (Wildman–Crippen MR) is 90.0 cm³/mol. The van der Waals surface area contributed by atoms with Crippen LogP contribution < -0.4 is 5.32 Å². The zero-order valence-corrected chi connectivity index (χ0v) is 12.9. The molecule has 24 heavy (non-hydrogen) atoms. The first-order chi connectivity index (χ1) is 11.7. The average Bonchev–Trinajstić information content (AvgIpc) is 3.16. The normalized spacial score (nSPS) is 10.3. The molecule has 3 rings (SSSR count). The largest absolute Gasteiger partial charge is 0.325 e. The van der Waals surface area contributed by atoms with E-state index >= 15 is 0 Å². The minimum atomic E-state index is -0.212. The molecule has 1 N–H and O–H groups in total. The third kappa shape index (κ3) is 3.92. The molecule has 0 unspecified atom stereocenters. The number of nitrogens with one attached hydrogen (secondary N) is 1. The van der Waals surface area contributed by atoms with Gasteiger partial charge in [0.2, 0.25) is 5.91 Å². The molecule has 2 heterocycles. The molecule has 0 aliphatic heterocycles. The highest BCUT2D eigenvalue weighted by Crippen LogP contribution is 2.11. The van der Waals surface area contributed by atoms with Crippen molar-refractivity contribution in [1.29, 1.82) is 0 Å². The number of benzene rings is 1. The van der Waals surface area contributed by atoms with E-state index < -0.39 is 0 Å². The van der Waals surface area contributed by atoms with Crippen LogP contribution in [-0.2, 0) is 4.79 Å². The third-order valence-corrected chi connectivity index (χ3v) is 3.48. The van der Waals surface area contributed by atoms with Crippen LogP contribution in [0.15, 0.2) is 67.4 Å². The Kier molecular flexibility index (Phi) is 4.76. The van der Waals surface area contributed by atoms with Crippen molar-refractivity contribution in [2.45, 2.75) is 12.8 Å². The smallest absolute Gasteiger partial charge is 0.224 e. The maximum absolute atomic E-state index is 12.0.